The van der Waals surface area contributed by atoms with Crippen molar-refractivity contribution in [2.75, 3.05) is 5.32 Å². The van der Waals surface area contributed by atoms with Crippen LogP contribution in [-0.2, 0) is 6.54 Å². The Morgan fingerprint density at radius 2 is 2.29 bits per heavy atom. The molecule has 0 bridgehead atoms. The van der Waals surface area contributed by atoms with Crippen LogP contribution in [0, 0.1) is 10.1 Å². The maximum atomic E-state index is 12.1. The Morgan fingerprint density at radius 3 is 2.86 bits per heavy atom. The number of nitro groups is 1. The largest absolute Gasteiger partial charge is 0.506 e. The Labute approximate surface area is 127 Å². The van der Waals surface area contributed by atoms with E-state index in [9.17, 15) is 20.0 Å². The van der Waals surface area contributed by atoms with Crippen LogP contribution >= 0.6 is 15.9 Å². The molecule has 2 aromatic rings. The summed E-state index contributed by atoms with van der Waals surface area (Å²) in [5.74, 6) is -0.843. The summed E-state index contributed by atoms with van der Waals surface area (Å²) in [6, 6.07) is 3.37. The highest BCUT2D eigenvalue weighted by Crippen LogP contribution is 2.28. The molecule has 21 heavy (non-hydrogen) atoms. The summed E-state index contributed by atoms with van der Waals surface area (Å²) in [5.41, 5.74) is -0.156. The number of aromatic nitrogens is 2. The van der Waals surface area contributed by atoms with Crippen LogP contribution in [-0.4, -0.2) is 25.7 Å². The maximum Gasteiger partial charge on any atom is 0.277 e. The Bertz CT molecular complexity index is 713. The lowest BCUT2D eigenvalue weighted by Gasteiger charge is -2.06. The van der Waals surface area contributed by atoms with Crippen molar-refractivity contribution in [3.63, 3.8) is 0 Å². The smallest absolute Gasteiger partial charge is 0.277 e. The monoisotopic (exact) mass is 354 g/mol. The van der Waals surface area contributed by atoms with Crippen molar-refractivity contribution in [2.45, 2.75) is 13.5 Å². The Hall–Kier alpha value is -2.42. The van der Waals surface area contributed by atoms with E-state index in [0.29, 0.717) is 11.0 Å². The fourth-order valence-corrected chi connectivity index (χ4v) is 2.13. The van der Waals surface area contributed by atoms with Crippen LogP contribution in [0.5, 0.6) is 5.75 Å². The number of phenolic OH excluding ortho intramolecular Hbond substituents is 1. The molecule has 0 radical (unpaired) electrons. The minimum Gasteiger partial charge on any atom is -0.506 e. The summed E-state index contributed by atoms with van der Waals surface area (Å²) in [6.07, 6.45) is 1.64. The van der Waals surface area contributed by atoms with Gasteiger partial charge in [0.05, 0.1) is 15.1 Å². The van der Waals surface area contributed by atoms with Crippen LogP contribution in [0.4, 0.5) is 11.4 Å². The molecule has 0 aliphatic rings. The molecule has 0 saturated heterocycles. The molecule has 9 heteroatoms. The number of hydrogen-bond acceptors (Lipinski definition) is 5. The first-order valence-electron chi connectivity index (χ1n) is 5.94. The minimum atomic E-state index is -0.614. The second-order valence-electron chi connectivity index (χ2n) is 4.09. The zero-order valence-electron chi connectivity index (χ0n) is 10.9. The number of nitrogens with zero attached hydrogens (tertiary/aromatic N) is 3. The van der Waals surface area contributed by atoms with Gasteiger partial charge in [-0.15, -0.1) is 0 Å². The highest BCUT2D eigenvalue weighted by molar-refractivity contribution is 9.10. The molecular formula is C12H11BrN4O4. The number of carbonyl (C=O) groups excluding carboxylic acids is 1. The fraction of sp³-hybridized carbons (Fsp3) is 0.167. The number of nitro benzene ring substituents is 1. The average Bonchev–Trinajstić information content (AvgIpc) is 2.82. The van der Waals surface area contributed by atoms with Gasteiger partial charge in [0.25, 0.3) is 11.6 Å². The van der Waals surface area contributed by atoms with E-state index >= 15 is 0 Å². The van der Waals surface area contributed by atoms with E-state index in [2.05, 4.69) is 26.3 Å². The molecule has 1 aromatic carbocycles. The number of halogens is 1. The van der Waals surface area contributed by atoms with Crippen LogP contribution in [0.2, 0.25) is 0 Å². The number of anilines is 1. The lowest BCUT2D eigenvalue weighted by Crippen LogP contribution is -2.14. The van der Waals surface area contributed by atoms with Crippen LogP contribution in [0.25, 0.3) is 0 Å². The number of carbonyl (C=O) groups is 1. The van der Waals surface area contributed by atoms with Crippen molar-refractivity contribution >= 4 is 33.2 Å². The summed E-state index contributed by atoms with van der Waals surface area (Å²) in [7, 11) is 0. The standard InChI is InChI=1S/C12H11BrN4O4/c1-2-16-6-8(13)11(15-16)12(19)14-9-5-7(17(20)21)3-4-10(9)18/h3-6,18H,2H2,1H3,(H,14,19). The van der Waals surface area contributed by atoms with Crippen molar-refractivity contribution in [3.8, 4) is 5.75 Å². The Morgan fingerprint density at radius 1 is 1.57 bits per heavy atom. The fourth-order valence-electron chi connectivity index (χ4n) is 1.63. The van der Waals surface area contributed by atoms with Crippen LogP contribution in [0.1, 0.15) is 17.4 Å². The van der Waals surface area contributed by atoms with Crippen molar-refractivity contribution in [3.05, 3.63) is 44.7 Å². The van der Waals surface area contributed by atoms with Gasteiger partial charge in [-0.25, -0.2) is 0 Å². The first kappa shape index (κ1) is 15.0. The zero-order valence-corrected chi connectivity index (χ0v) is 12.5. The molecule has 0 fully saturated rings. The van der Waals surface area contributed by atoms with Crippen LogP contribution in [0.3, 0.4) is 0 Å². The Balaban J connectivity index is 2.28. The van der Waals surface area contributed by atoms with Gasteiger partial charge in [-0.05, 0) is 28.9 Å². The molecule has 0 atom stereocenters. The highest BCUT2D eigenvalue weighted by atomic mass is 79.9. The van der Waals surface area contributed by atoms with Gasteiger partial charge in [0.15, 0.2) is 5.69 Å². The predicted molar refractivity (Wildman–Crippen MR) is 78.3 cm³/mol. The van der Waals surface area contributed by atoms with Crippen LogP contribution in [0.15, 0.2) is 28.9 Å². The highest BCUT2D eigenvalue weighted by Gasteiger charge is 2.18. The number of phenols is 1. The van der Waals surface area contributed by atoms with Crippen molar-refractivity contribution in [1.82, 2.24) is 9.78 Å². The average molecular weight is 355 g/mol. The van der Waals surface area contributed by atoms with Gasteiger partial charge in [0.1, 0.15) is 5.75 Å². The van der Waals surface area contributed by atoms with Crippen molar-refractivity contribution < 1.29 is 14.8 Å². The van der Waals surface area contributed by atoms with Gasteiger partial charge in [-0.1, -0.05) is 0 Å². The number of non-ortho nitro benzene ring substituents is 1. The number of benzene rings is 1. The Kier molecular flexibility index (Phi) is 4.22. The molecule has 1 heterocycles. The number of hydrogen-bond donors (Lipinski definition) is 2. The van der Waals surface area contributed by atoms with Crippen LogP contribution < -0.4 is 5.32 Å². The van der Waals surface area contributed by atoms with E-state index in [-0.39, 0.29) is 22.8 Å². The lowest BCUT2D eigenvalue weighted by molar-refractivity contribution is -0.384. The molecule has 0 spiro atoms. The summed E-state index contributed by atoms with van der Waals surface area (Å²) < 4.78 is 2.05. The van der Waals surface area contributed by atoms with E-state index in [1.807, 2.05) is 6.92 Å². The first-order valence-corrected chi connectivity index (χ1v) is 6.73. The van der Waals surface area contributed by atoms with E-state index in [4.69, 9.17) is 0 Å². The van der Waals surface area contributed by atoms with Crippen molar-refractivity contribution in [2.24, 2.45) is 0 Å². The van der Waals surface area contributed by atoms with Gasteiger partial charge in [-0.3, -0.25) is 19.6 Å². The molecule has 8 nitrogen and oxygen atoms in total. The van der Waals surface area contributed by atoms with Gasteiger partial charge >= 0.3 is 0 Å². The number of amides is 1. The third-order valence-electron chi connectivity index (χ3n) is 2.70. The first-order chi connectivity index (χ1) is 9.92. The number of aryl methyl sites for hydroxylation is 1. The normalized spacial score (nSPS) is 10.4. The number of rotatable bonds is 4. The molecule has 1 aromatic heterocycles. The zero-order chi connectivity index (χ0) is 15.6. The second-order valence-corrected chi connectivity index (χ2v) is 4.95. The third kappa shape index (κ3) is 3.19. The van der Waals surface area contributed by atoms with E-state index < -0.39 is 10.8 Å². The third-order valence-corrected chi connectivity index (χ3v) is 3.28. The molecule has 2 rings (SSSR count). The maximum absolute atomic E-state index is 12.1. The second kappa shape index (κ2) is 5.92. The number of aromatic hydroxyl groups is 1. The molecule has 0 aliphatic carbocycles. The predicted octanol–water partition coefficient (Wildman–Crippen LogP) is 2.53. The molecule has 110 valence electrons. The molecule has 0 aliphatic heterocycles. The van der Waals surface area contributed by atoms with E-state index in [0.717, 1.165) is 18.2 Å². The van der Waals surface area contributed by atoms with Gasteiger partial charge in [0, 0.05) is 24.9 Å². The van der Waals surface area contributed by atoms with Crippen molar-refractivity contribution in [1.29, 1.82) is 0 Å². The summed E-state index contributed by atoms with van der Waals surface area (Å²) in [4.78, 5) is 22.2. The van der Waals surface area contributed by atoms with E-state index in [1.165, 1.54) is 0 Å². The molecule has 0 saturated carbocycles. The van der Waals surface area contributed by atoms with Gasteiger partial charge < -0.3 is 10.4 Å². The summed E-state index contributed by atoms with van der Waals surface area (Å²) in [6.45, 7) is 2.46. The lowest BCUT2D eigenvalue weighted by atomic mass is 10.2. The van der Waals surface area contributed by atoms with Gasteiger partial charge in [0.2, 0.25) is 0 Å². The topological polar surface area (TPSA) is 110 Å². The molecular weight excluding hydrogens is 344 g/mol. The molecule has 2 N–H and O–H groups in total. The minimum absolute atomic E-state index is 0.0489. The molecule has 0 unspecified atom stereocenters. The summed E-state index contributed by atoms with van der Waals surface area (Å²) in [5, 5.41) is 26.8. The summed E-state index contributed by atoms with van der Waals surface area (Å²) >= 11 is 3.21. The van der Waals surface area contributed by atoms with Gasteiger partial charge in [-0.2, -0.15) is 5.10 Å². The van der Waals surface area contributed by atoms with E-state index in [1.54, 1.807) is 10.9 Å². The quantitative estimate of drug-likeness (QED) is 0.497. The SMILES string of the molecule is CCn1cc(Br)c(C(=O)Nc2cc([N+](=O)[O-])ccc2O)n1. The number of nitrogens with one attached hydrogen (secondary N) is 1. The molecule has 1 amide bonds.